The summed E-state index contributed by atoms with van der Waals surface area (Å²) in [4.78, 5) is 14.3. The molecule has 1 aliphatic rings. The van der Waals surface area contributed by atoms with Crippen LogP contribution in [-0.4, -0.2) is 29.4 Å². The van der Waals surface area contributed by atoms with Crippen molar-refractivity contribution in [1.82, 2.24) is 4.90 Å². The molecule has 2 N–H and O–H groups in total. The maximum absolute atomic E-state index is 12.4. The van der Waals surface area contributed by atoms with Crippen LogP contribution in [0.1, 0.15) is 29.3 Å². The van der Waals surface area contributed by atoms with Crippen molar-refractivity contribution >= 4 is 21.8 Å². The summed E-state index contributed by atoms with van der Waals surface area (Å²) >= 11 is 3.45. The van der Waals surface area contributed by atoms with Gasteiger partial charge >= 0.3 is 0 Å². The topological polar surface area (TPSA) is 46.3 Å². The molecule has 4 heteroatoms. The number of likely N-dealkylation sites (tertiary alicyclic amines) is 1. The number of halogens is 1. The van der Waals surface area contributed by atoms with Gasteiger partial charge in [0.1, 0.15) is 0 Å². The molecule has 0 aromatic heterocycles. The van der Waals surface area contributed by atoms with Crippen LogP contribution in [0.3, 0.4) is 0 Å². The average molecular weight is 297 g/mol. The number of hydrogen-bond donors (Lipinski definition) is 1. The van der Waals surface area contributed by atoms with E-state index in [4.69, 9.17) is 5.73 Å². The lowest BCUT2D eigenvalue weighted by Gasteiger charge is -2.24. The first-order valence-electron chi connectivity index (χ1n) is 5.84. The molecule has 1 aliphatic heterocycles. The summed E-state index contributed by atoms with van der Waals surface area (Å²) in [6.45, 7) is 4.73. The first-order valence-corrected chi connectivity index (χ1v) is 6.63. The van der Waals surface area contributed by atoms with E-state index in [1.807, 2.05) is 36.9 Å². The van der Waals surface area contributed by atoms with E-state index < -0.39 is 0 Å². The van der Waals surface area contributed by atoms with Crippen molar-refractivity contribution in [2.24, 2.45) is 5.73 Å². The number of benzene rings is 1. The van der Waals surface area contributed by atoms with Crippen molar-refractivity contribution in [1.29, 1.82) is 0 Å². The van der Waals surface area contributed by atoms with Crippen molar-refractivity contribution < 1.29 is 4.79 Å². The van der Waals surface area contributed by atoms with Gasteiger partial charge in [0.2, 0.25) is 0 Å². The van der Waals surface area contributed by atoms with Gasteiger partial charge in [-0.1, -0.05) is 22.0 Å². The lowest BCUT2D eigenvalue weighted by molar-refractivity contribution is 0.0741. The van der Waals surface area contributed by atoms with E-state index in [0.717, 1.165) is 28.6 Å². The van der Waals surface area contributed by atoms with E-state index in [1.165, 1.54) is 0 Å². The molecule has 0 bridgehead atoms. The van der Waals surface area contributed by atoms with Crippen molar-refractivity contribution in [3.8, 4) is 0 Å². The number of hydrogen-bond acceptors (Lipinski definition) is 2. The van der Waals surface area contributed by atoms with Gasteiger partial charge in [-0.25, -0.2) is 0 Å². The monoisotopic (exact) mass is 296 g/mol. The van der Waals surface area contributed by atoms with Gasteiger partial charge in [-0.15, -0.1) is 0 Å². The van der Waals surface area contributed by atoms with Gasteiger partial charge in [0, 0.05) is 28.7 Å². The number of nitrogens with two attached hydrogens (primary N) is 1. The second-order valence-electron chi connectivity index (χ2n) is 4.60. The SMILES string of the molecule is Cc1c(Br)cccc1C(=O)N1CCC(N)C1C. The second kappa shape index (κ2) is 4.78. The maximum atomic E-state index is 12.4. The summed E-state index contributed by atoms with van der Waals surface area (Å²) in [5.41, 5.74) is 7.70. The zero-order valence-electron chi connectivity index (χ0n) is 10.1. The highest BCUT2D eigenvalue weighted by Gasteiger charge is 2.32. The summed E-state index contributed by atoms with van der Waals surface area (Å²) in [5, 5.41) is 0. The number of rotatable bonds is 1. The van der Waals surface area contributed by atoms with Gasteiger partial charge in [0.15, 0.2) is 0 Å². The largest absolute Gasteiger partial charge is 0.334 e. The third-order valence-electron chi connectivity index (χ3n) is 3.57. The van der Waals surface area contributed by atoms with Crippen LogP contribution < -0.4 is 5.73 Å². The molecule has 0 saturated carbocycles. The Morgan fingerprint density at radius 3 is 2.82 bits per heavy atom. The Bertz CT molecular complexity index is 447. The highest BCUT2D eigenvalue weighted by molar-refractivity contribution is 9.10. The van der Waals surface area contributed by atoms with E-state index in [0.29, 0.717) is 0 Å². The molecule has 0 spiro atoms. The van der Waals surface area contributed by atoms with Crippen LogP contribution in [0.5, 0.6) is 0 Å². The maximum Gasteiger partial charge on any atom is 0.254 e. The lowest BCUT2D eigenvalue weighted by atomic mass is 10.1. The molecule has 0 radical (unpaired) electrons. The standard InChI is InChI=1S/C13H17BrN2O/c1-8-10(4-3-5-11(8)14)13(17)16-7-6-12(15)9(16)2/h3-5,9,12H,6-7,15H2,1-2H3. The first kappa shape index (κ1) is 12.6. The number of nitrogens with zero attached hydrogens (tertiary/aromatic N) is 1. The van der Waals surface area contributed by atoms with E-state index in [-0.39, 0.29) is 18.0 Å². The number of carbonyl (C=O) groups is 1. The minimum absolute atomic E-state index is 0.0873. The predicted octanol–water partition coefficient (Wildman–Crippen LogP) is 2.32. The third-order valence-corrected chi connectivity index (χ3v) is 4.43. The Kier molecular flexibility index (Phi) is 3.54. The van der Waals surface area contributed by atoms with Crippen LogP contribution in [0, 0.1) is 6.92 Å². The molecule has 2 rings (SSSR count). The molecule has 0 aliphatic carbocycles. The Morgan fingerprint density at radius 2 is 2.24 bits per heavy atom. The van der Waals surface area contributed by atoms with Crippen LogP contribution in [0.25, 0.3) is 0 Å². The van der Waals surface area contributed by atoms with Gasteiger partial charge < -0.3 is 10.6 Å². The van der Waals surface area contributed by atoms with Gasteiger partial charge in [0.05, 0.1) is 0 Å². The molecule has 2 unspecified atom stereocenters. The molecule has 1 aromatic carbocycles. The van der Waals surface area contributed by atoms with Crippen LogP contribution in [-0.2, 0) is 0 Å². The van der Waals surface area contributed by atoms with Crippen molar-refractivity contribution in [2.45, 2.75) is 32.4 Å². The lowest BCUT2D eigenvalue weighted by Crippen LogP contribution is -2.40. The highest BCUT2D eigenvalue weighted by atomic mass is 79.9. The molecule has 92 valence electrons. The smallest absolute Gasteiger partial charge is 0.254 e. The molecule has 2 atom stereocenters. The summed E-state index contributed by atoms with van der Waals surface area (Å²) in [6.07, 6.45) is 0.889. The van der Waals surface area contributed by atoms with Crippen LogP contribution >= 0.6 is 15.9 Å². The normalized spacial score (nSPS) is 24.1. The van der Waals surface area contributed by atoms with E-state index >= 15 is 0 Å². The Balaban J connectivity index is 2.29. The number of amides is 1. The van der Waals surface area contributed by atoms with Gasteiger partial charge in [-0.3, -0.25) is 4.79 Å². The van der Waals surface area contributed by atoms with Crippen LogP contribution in [0.15, 0.2) is 22.7 Å². The quantitative estimate of drug-likeness (QED) is 0.864. The van der Waals surface area contributed by atoms with Crippen molar-refractivity contribution in [3.05, 3.63) is 33.8 Å². The molecule has 1 fully saturated rings. The van der Waals surface area contributed by atoms with Crippen molar-refractivity contribution in [2.75, 3.05) is 6.54 Å². The predicted molar refractivity (Wildman–Crippen MR) is 72.0 cm³/mol. The summed E-state index contributed by atoms with van der Waals surface area (Å²) in [7, 11) is 0. The highest BCUT2D eigenvalue weighted by Crippen LogP contribution is 2.24. The van der Waals surface area contributed by atoms with Crippen molar-refractivity contribution in [3.63, 3.8) is 0 Å². The molecule has 1 aromatic rings. The molecule has 1 amide bonds. The minimum Gasteiger partial charge on any atom is -0.334 e. The Hall–Kier alpha value is -0.870. The van der Waals surface area contributed by atoms with E-state index in [9.17, 15) is 4.79 Å². The van der Waals surface area contributed by atoms with Gasteiger partial charge in [0.25, 0.3) is 5.91 Å². The molecule has 1 heterocycles. The summed E-state index contributed by atoms with van der Waals surface area (Å²) in [6, 6.07) is 5.95. The number of carbonyl (C=O) groups excluding carboxylic acids is 1. The first-order chi connectivity index (χ1) is 8.02. The van der Waals surface area contributed by atoms with Crippen LogP contribution in [0.4, 0.5) is 0 Å². The minimum atomic E-state index is 0.0873. The molecular formula is C13H17BrN2O. The second-order valence-corrected chi connectivity index (χ2v) is 5.46. The molecule has 17 heavy (non-hydrogen) atoms. The Morgan fingerprint density at radius 1 is 1.53 bits per heavy atom. The van der Waals surface area contributed by atoms with E-state index in [1.54, 1.807) is 0 Å². The zero-order valence-corrected chi connectivity index (χ0v) is 11.7. The molecular weight excluding hydrogens is 280 g/mol. The summed E-state index contributed by atoms with van der Waals surface area (Å²) < 4.78 is 0.972. The van der Waals surface area contributed by atoms with Gasteiger partial charge in [-0.05, 0) is 38.0 Å². The third kappa shape index (κ3) is 2.24. The fourth-order valence-electron chi connectivity index (χ4n) is 2.24. The zero-order chi connectivity index (χ0) is 12.6. The molecule has 1 saturated heterocycles. The van der Waals surface area contributed by atoms with Crippen LogP contribution in [0.2, 0.25) is 0 Å². The average Bonchev–Trinajstić information content (AvgIpc) is 2.63. The van der Waals surface area contributed by atoms with Gasteiger partial charge in [-0.2, -0.15) is 0 Å². The summed E-state index contributed by atoms with van der Waals surface area (Å²) in [5.74, 6) is 0.0873. The Labute approximate surface area is 110 Å². The molecule has 3 nitrogen and oxygen atoms in total. The fraction of sp³-hybridized carbons (Fsp3) is 0.462. The van der Waals surface area contributed by atoms with E-state index in [2.05, 4.69) is 15.9 Å². The fourth-order valence-corrected chi connectivity index (χ4v) is 2.61.